The number of allylic oxidation sites excluding steroid dienone is 8. The Morgan fingerprint density at radius 1 is 1.33 bits per heavy atom. The van der Waals surface area contributed by atoms with E-state index in [0.29, 0.717) is 0 Å². The van der Waals surface area contributed by atoms with Gasteiger partial charge < -0.3 is 0 Å². The van der Waals surface area contributed by atoms with Gasteiger partial charge in [0, 0.05) is 0 Å². The molecule has 0 aromatic carbocycles. The second-order valence-corrected chi connectivity index (χ2v) is 2.95. The molecule has 64 valence electrons. The quantitative estimate of drug-likeness (QED) is 0.547. The van der Waals surface area contributed by atoms with Gasteiger partial charge in [0.1, 0.15) is 0 Å². The summed E-state index contributed by atoms with van der Waals surface area (Å²) in [6.45, 7) is 2.05. The molecular formula is C12H16. The molecule has 1 aliphatic rings. The standard InChI is InChI=1S/C12H16/c1-2-3-9-12-10-7-5-4-6-8-11-12/h2-5,7,9-10H,6,8,11H2,1H3. The van der Waals surface area contributed by atoms with Crippen LogP contribution in [0, 0.1) is 0 Å². The molecule has 12 heavy (non-hydrogen) atoms. The number of rotatable bonds is 1. The van der Waals surface area contributed by atoms with E-state index in [1.165, 1.54) is 24.8 Å². The lowest BCUT2D eigenvalue weighted by molar-refractivity contribution is 0.843. The maximum Gasteiger partial charge on any atom is -0.0276 e. The van der Waals surface area contributed by atoms with Crippen LogP contribution in [0.4, 0.5) is 0 Å². The summed E-state index contributed by atoms with van der Waals surface area (Å²) in [5.41, 5.74) is 1.43. The van der Waals surface area contributed by atoms with Gasteiger partial charge in [-0.05, 0) is 31.8 Å². The summed E-state index contributed by atoms with van der Waals surface area (Å²) in [4.78, 5) is 0. The van der Waals surface area contributed by atoms with Gasteiger partial charge in [-0.15, -0.1) is 0 Å². The van der Waals surface area contributed by atoms with E-state index in [4.69, 9.17) is 0 Å². The van der Waals surface area contributed by atoms with Crippen LogP contribution in [0.5, 0.6) is 0 Å². The fourth-order valence-corrected chi connectivity index (χ4v) is 1.22. The molecule has 0 bridgehead atoms. The summed E-state index contributed by atoms with van der Waals surface area (Å²) >= 11 is 0. The van der Waals surface area contributed by atoms with Crippen LogP contribution in [-0.4, -0.2) is 0 Å². The van der Waals surface area contributed by atoms with Crippen molar-refractivity contribution in [3.63, 3.8) is 0 Å². The minimum absolute atomic E-state index is 1.20. The summed E-state index contributed by atoms with van der Waals surface area (Å²) in [5, 5.41) is 0. The molecule has 0 saturated carbocycles. The monoisotopic (exact) mass is 160 g/mol. The molecule has 0 nitrogen and oxygen atoms in total. The highest BCUT2D eigenvalue weighted by Crippen LogP contribution is 2.12. The van der Waals surface area contributed by atoms with Crippen LogP contribution < -0.4 is 0 Å². The van der Waals surface area contributed by atoms with Crippen LogP contribution in [0.1, 0.15) is 26.2 Å². The normalized spacial score (nSPS) is 21.6. The van der Waals surface area contributed by atoms with Crippen molar-refractivity contribution in [3.8, 4) is 0 Å². The Balaban J connectivity index is 2.62. The van der Waals surface area contributed by atoms with E-state index in [1.54, 1.807) is 0 Å². The van der Waals surface area contributed by atoms with Crippen molar-refractivity contribution in [1.82, 2.24) is 0 Å². The Hall–Kier alpha value is -1.04. The Labute approximate surface area is 75.0 Å². The van der Waals surface area contributed by atoms with Crippen LogP contribution in [0.2, 0.25) is 0 Å². The first-order valence-corrected chi connectivity index (χ1v) is 4.58. The zero-order valence-corrected chi connectivity index (χ0v) is 7.66. The zero-order chi connectivity index (χ0) is 8.65. The van der Waals surface area contributed by atoms with E-state index in [1.807, 2.05) is 6.92 Å². The number of hydrogen-bond donors (Lipinski definition) is 0. The lowest BCUT2D eigenvalue weighted by Gasteiger charge is -2.01. The van der Waals surface area contributed by atoms with Crippen molar-refractivity contribution in [3.05, 3.63) is 48.1 Å². The topological polar surface area (TPSA) is 0 Å². The molecule has 0 heteroatoms. The molecule has 0 aromatic rings. The van der Waals surface area contributed by atoms with Gasteiger partial charge in [-0.1, -0.05) is 42.5 Å². The third-order valence-electron chi connectivity index (χ3n) is 1.90. The lowest BCUT2D eigenvalue weighted by atomic mass is 10.1. The van der Waals surface area contributed by atoms with E-state index < -0.39 is 0 Å². The largest absolute Gasteiger partial charge is 0.0877 e. The molecular weight excluding hydrogens is 144 g/mol. The summed E-state index contributed by atoms with van der Waals surface area (Å²) in [5.74, 6) is 0. The minimum atomic E-state index is 1.20. The van der Waals surface area contributed by atoms with Gasteiger partial charge in [0.15, 0.2) is 0 Å². The van der Waals surface area contributed by atoms with Crippen LogP contribution in [-0.2, 0) is 0 Å². The fraction of sp³-hybridized carbons (Fsp3) is 0.333. The maximum atomic E-state index is 2.23. The predicted molar refractivity (Wildman–Crippen MR) is 55.0 cm³/mol. The van der Waals surface area contributed by atoms with E-state index in [2.05, 4.69) is 42.5 Å². The second-order valence-electron chi connectivity index (χ2n) is 2.95. The molecule has 1 rings (SSSR count). The smallest absolute Gasteiger partial charge is 0.0276 e. The Morgan fingerprint density at radius 3 is 3.08 bits per heavy atom. The van der Waals surface area contributed by atoms with Gasteiger partial charge in [-0.25, -0.2) is 0 Å². The Kier molecular flexibility index (Phi) is 4.22. The summed E-state index contributed by atoms with van der Waals surface area (Å²) in [6.07, 6.45) is 18.7. The molecule has 0 heterocycles. The fourth-order valence-electron chi connectivity index (χ4n) is 1.22. The van der Waals surface area contributed by atoms with E-state index >= 15 is 0 Å². The molecule has 0 atom stereocenters. The second kappa shape index (κ2) is 5.59. The molecule has 0 fully saturated rings. The van der Waals surface area contributed by atoms with Crippen LogP contribution >= 0.6 is 0 Å². The van der Waals surface area contributed by atoms with Crippen LogP contribution in [0.25, 0.3) is 0 Å². The van der Waals surface area contributed by atoms with E-state index in [9.17, 15) is 0 Å². The molecule has 0 saturated heterocycles. The van der Waals surface area contributed by atoms with Crippen molar-refractivity contribution in [2.75, 3.05) is 0 Å². The summed E-state index contributed by atoms with van der Waals surface area (Å²) in [7, 11) is 0. The third kappa shape index (κ3) is 3.38. The van der Waals surface area contributed by atoms with Gasteiger partial charge >= 0.3 is 0 Å². The zero-order valence-electron chi connectivity index (χ0n) is 7.66. The molecule has 0 unspecified atom stereocenters. The maximum absolute atomic E-state index is 2.23. The van der Waals surface area contributed by atoms with Crippen molar-refractivity contribution in [1.29, 1.82) is 0 Å². The molecule has 0 amide bonds. The SMILES string of the molecule is CC=CC=C1C=CC=CCCC1. The first-order chi connectivity index (χ1) is 5.93. The average molecular weight is 160 g/mol. The molecule has 1 aliphatic carbocycles. The van der Waals surface area contributed by atoms with Crippen molar-refractivity contribution >= 4 is 0 Å². The first-order valence-electron chi connectivity index (χ1n) is 4.58. The number of hydrogen-bond acceptors (Lipinski definition) is 0. The first kappa shape index (κ1) is 9.05. The minimum Gasteiger partial charge on any atom is -0.0877 e. The highest BCUT2D eigenvalue weighted by atomic mass is 14.0. The third-order valence-corrected chi connectivity index (χ3v) is 1.90. The highest BCUT2D eigenvalue weighted by molar-refractivity contribution is 5.27. The molecule has 0 N–H and O–H groups in total. The molecule has 0 radical (unpaired) electrons. The van der Waals surface area contributed by atoms with E-state index in [0.717, 1.165) is 0 Å². The highest BCUT2D eigenvalue weighted by Gasteiger charge is 1.92. The van der Waals surface area contributed by atoms with Crippen molar-refractivity contribution < 1.29 is 0 Å². The average Bonchev–Trinajstić information content (AvgIpc) is 2.02. The van der Waals surface area contributed by atoms with Gasteiger partial charge in [-0.3, -0.25) is 0 Å². The van der Waals surface area contributed by atoms with Crippen LogP contribution in [0.15, 0.2) is 48.1 Å². The van der Waals surface area contributed by atoms with Gasteiger partial charge in [-0.2, -0.15) is 0 Å². The van der Waals surface area contributed by atoms with E-state index in [-0.39, 0.29) is 0 Å². The molecule has 0 aliphatic heterocycles. The van der Waals surface area contributed by atoms with Gasteiger partial charge in [0.2, 0.25) is 0 Å². The lowest BCUT2D eigenvalue weighted by Crippen LogP contribution is -1.81. The summed E-state index contributed by atoms with van der Waals surface area (Å²) in [6, 6.07) is 0. The Morgan fingerprint density at radius 2 is 2.25 bits per heavy atom. The molecule has 0 aromatic heterocycles. The Bertz CT molecular complexity index is 226. The van der Waals surface area contributed by atoms with Crippen molar-refractivity contribution in [2.45, 2.75) is 26.2 Å². The summed E-state index contributed by atoms with van der Waals surface area (Å²) < 4.78 is 0. The molecule has 0 spiro atoms. The van der Waals surface area contributed by atoms with Gasteiger partial charge in [0.25, 0.3) is 0 Å². The predicted octanol–water partition coefficient (Wildman–Crippen LogP) is 3.79. The van der Waals surface area contributed by atoms with Crippen LogP contribution in [0.3, 0.4) is 0 Å². The van der Waals surface area contributed by atoms with Gasteiger partial charge in [0.05, 0.1) is 0 Å². The van der Waals surface area contributed by atoms with Crippen molar-refractivity contribution in [2.24, 2.45) is 0 Å².